The second-order valence-electron chi connectivity index (χ2n) is 6.12. The summed E-state index contributed by atoms with van der Waals surface area (Å²) in [4.78, 5) is 2.00. The zero-order chi connectivity index (χ0) is 12.3. The van der Waals surface area contributed by atoms with Crippen molar-refractivity contribution in [3.63, 3.8) is 0 Å². The Balaban J connectivity index is 1.84. The lowest BCUT2D eigenvalue weighted by atomic mass is 9.83. The molecule has 1 saturated carbocycles. The van der Waals surface area contributed by atoms with Crippen LogP contribution < -0.4 is 5.32 Å². The molecular weight excluding hydrogens is 222 g/mol. The van der Waals surface area contributed by atoms with E-state index in [1.807, 2.05) is 4.90 Å². The second kappa shape index (κ2) is 5.61. The highest BCUT2D eigenvalue weighted by Crippen LogP contribution is 2.30. The van der Waals surface area contributed by atoms with Crippen LogP contribution in [0.25, 0.3) is 0 Å². The minimum Gasteiger partial charge on any atom is -0.316 e. The molecule has 1 unspecified atom stereocenters. The third-order valence-corrected chi connectivity index (χ3v) is 4.20. The fourth-order valence-electron chi connectivity index (χ4n) is 2.98. The van der Waals surface area contributed by atoms with Gasteiger partial charge < -0.3 is 5.32 Å². The smallest absolute Gasteiger partial charge is 0.251 e. The fraction of sp³-hybridized carbons (Fsp3) is 1.00. The van der Waals surface area contributed by atoms with E-state index >= 15 is 0 Å². The number of alkyl halides is 2. The molecule has 1 aliphatic carbocycles. The maximum absolute atomic E-state index is 12.6. The maximum Gasteiger partial charge on any atom is 0.251 e. The molecule has 1 atom stereocenters. The Morgan fingerprint density at radius 1 is 1.41 bits per heavy atom. The van der Waals surface area contributed by atoms with E-state index in [1.165, 1.54) is 19.3 Å². The molecule has 1 N–H and O–H groups in total. The van der Waals surface area contributed by atoms with Gasteiger partial charge >= 0.3 is 0 Å². The Morgan fingerprint density at radius 3 is 2.65 bits per heavy atom. The molecule has 2 aliphatic rings. The molecule has 17 heavy (non-hydrogen) atoms. The number of nitrogens with zero attached hydrogens (tertiary/aromatic N) is 1. The van der Waals surface area contributed by atoms with Gasteiger partial charge in [0.05, 0.1) is 6.54 Å². The van der Waals surface area contributed by atoms with Gasteiger partial charge in [-0.2, -0.15) is 0 Å². The highest BCUT2D eigenvalue weighted by molar-refractivity contribution is 4.87. The van der Waals surface area contributed by atoms with Crippen molar-refractivity contribution in [3.8, 4) is 0 Å². The molecule has 2 rings (SSSR count). The van der Waals surface area contributed by atoms with Gasteiger partial charge in [0.25, 0.3) is 6.43 Å². The Kier molecular flexibility index (Phi) is 4.36. The number of rotatable bonds is 6. The molecule has 0 aromatic carbocycles. The second-order valence-corrected chi connectivity index (χ2v) is 6.12. The molecule has 0 radical (unpaired) electrons. The van der Waals surface area contributed by atoms with Crippen molar-refractivity contribution in [1.29, 1.82) is 0 Å². The molecule has 2 nitrogen and oxygen atoms in total. The first kappa shape index (κ1) is 13.2. The molecule has 0 amide bonds. The Bertz CT molecular complexity index is 236. The summed E-state index contributed by atoms with van der Waals surface area (Å²) in [6.45, 7) is 5.86. The van der Waals surface area contributed by atoms with E-state index in [0.29, 0.717) is 5.92 Å². The minimum absolute atomic E-state index is 0.0495. The predicted octanol–water partition coefficient (Wildman–Crippen LogP) is 2.35. The van der Waals surface area contributed by atoms with Crippen molar-refractivity contribution in [3.05, 3.63) is 0 Å². The molecule has 1 saturated heterocycles. The van der Waals surface area contributed by atoms with E-state index in [-0.39, 0.29) is 12.0 Å². The quantitative estimate of drug-likeness (QED) is 0.774. The molecule has 100 valence electrons. The summed E-state index contributed by atoms with van der Waals surface area (Å²) < 4.78 is 25.2. The summed E-state index contributed by atoms with van der Waals surface area (Å²) in [7, 11) is 0. The van der Waals surface area contributed by atoms with E-state index in [2.05, 4.69) is 12.2 Å². The lowest BCUT2D eigenvalue weighted by molar-refractivity contribution is 0.0500. The number of hydrogen-bond donors (Lipinski definition) is 1. The zero-order valence-corrected chi connectivity index (χ0v) is 10.7. The molecule has 0 aromatic heterocycles. The average Bonchev–Trinajstić information content (AvgIpc) is 2.57. The van der Waals surface area contributed by atoms with Crippen LogP contribution in [0.3, 0.4) is 0 Å². The summed E-state index contributed by atoms with van der Waals surface area (Å²) in [6, 6.07) is 0. The molecular formula is C13H24F2N2. The average molecular weight is 246 g/mol. The van der Waals surface area contributed by atoms with Crippen LogP contribution in [0.15, 0.2) is 0 Å². The summed E-state index contributed by atoms with van der Waals surface area (Å²) in [5.41, 5.74) is 0.193. The van der Waals surface area contributed by atoms with Crippen LogP contribution >= 0.6 is 0 Å². The van der Waals surface area contributed by atoms with Crippen molar-refractivity contribution in [2.24, 2.45) is 11.3 Å². The van der Waals surface area contributed by atoms with Gasteiger partial charge in [-0.25, -0.2) is 8.78 Å². The lowest BCUT2D eigenvalue weighted by Crippen LogP contribution is -2.43. The highest BCUT2D eigenvalue weighted by Gasteiger charge is 2.32. The monoisotopic (exact) mass is 246 g/mol. The molecule has 1 heterocycles. The first-order valence-corrected chi connectivity index (χ1v) is 6.79. The third-order valence-electron chi connectivity index (χ3n) is 4.20. The van der Waals surface area contributed by atoms with Crippen molar-refractivity contribution in [1.82, 2.24) is 10.2 Å². The highest BCUT2D eigenvalue weighted by atomic mass is 19.3. The molecule has 0 bridgehead atoms. The standard InChI is InChI=1S/C13H24F2N2/c1-13(5-6-16-9-13)10-17(8-12(14)15)7-11-3-2-4-11/h11-12,16H,2-10H2,1H3. The van der Waals surface area contributed by atoms with Gasteiger partial charge in [-0.3, -0.25) is 4.90 Å². The molecule has 2 fully saturated rings. The Labute approximate surface area is 103 Å². The normalized spacial score (nSPS) is 30.2. The van der Waals surface area contributed by atoms with Gasteiger partial charge in [0.1, 0.15) is 0 Å². The van der Waals surface area contributed by atoms with Crippen LogP contribution in [0.5, 0.6) is 0 Å². The largest absolute Gasteiger partial charge is 0.316 e. The number of halogens is 2. The van der Waals surface area contributed by atoms with Crippen LogP contribution in [-0.2, 0) is 0 Å². The number of hydrogen-bond acceptors (Lipinski definition) is 2. The Morgan fingerprint density at radius 2 is 2.18 bits per heavy atom. The maximum atomic E-state index is 12.6. The van der Waals surface area contributed by atoms with Gasteiger partial charge in [-0.05, 0) is 37.1 Å². The SMILES string of the molecule is CC1(CN(CC(F)F)CC2CCC2)CCNC1. The van der Waals surface area contributed by atoms with Crippen molar-refractivity contribution < 1.29 is 8.78 Å². The van der Waals surface area contributed by atoms with Crippen LogP contribution in [0.4, 0.5) is 8.78 Å². The van der Waals surface area contributed by atoms with Crippen LogP contribution in [0, 0.1) is 11.3 Å². The third kappa shape index (κ3) is 3.88. The molecule has 1 aliphatic heterocycles. The van der Waals surface area contributed by atoms with E-state index in [0.717, 1.165) is 32.6 Å². The zero-order valence-electron chi connectivity index (χ0n) is 10.7. The minimum atomic E-state index is -2.20. The number of nitrogens with one attached hydrogen (secondary N) is 1. The molecule has 0 aromatic rings. The predicted molar refractivity (Wildman–Crippen MR) is 65.4 cm³/mol. The van der Waals surface area contributed by atoms with E-state index in [1.54, 1.807) is 0 Å². The topological polar surface area (TPSA) is 15.3 Å². The lowest BCUT2D eigenvalue weighted by Gasteiger charge is -2.36. The Hall–Kier alpha value is -0.220. The van der Waals surface area contributed by atoms with Crippen molar-refractivity contribution >= 4 is 0 Å². The van der Waals surface area contributed by atoms with Crippen molar-refractivity contribution in [2.45, 2.75) is 39.0 Å². The van der Waals surface area contributed by atoms with E-state index in [9.17, 15) is 8.78 Å². The van der Waals surface area contributed by atoms with Crippen LogP contribution in [0.2, 0.25) is 0 Å². The summed E-state index contributed by atoms with van der Waals surface area (Å²) in [6.07, 6.45) is 2.65. The van der Waals surface area contributed by atoms with Crippen LogP contribution in [0.1, 0.15) is 32.6 Å². The van der Waals surface area contributed by atoms with Gasteiger partial charge in [0, 0.05) is 19.6 Å². The van der Waals surface area contributed by atoms with Crippen molar-refractivity contribution in [2.75, 3.05) is 32.7 Å². The van der Waals surface area contributed by atoms with Gasteiger partial charge in [-0.1, -0.05) is 13.3 Å². The van der Waals surface area contributed by atoms with Gasteiger partial charge in [0.2, 0.25) is 0 Å². The summed E-state index contributed by atoms with van der Waals surface area (Å²) >= 11 is 0. The van der Waals surface area contributed by atoms with E-state index < -0.39 is 6.43 Å². The molecule has 0 spiro atoms. The van der Waals surface area contributed by atoms with Gasteiger partial charge in [-0.15, -0.1) is 0 Å². The van der Waals surface area contributed by atoms with Gasteiger partial charge in [0.15, 0.2) is 0 Å². The molecule has 4 heteroatoms. The van der Waals surface area contributed by atoms with E-state index in [4.69, 9.17) is 0 Å². The van der Waals surface area contributed by atoms with Crippen LogP contribution in [-0.4, -0.2) is 44.0 Å². The first-order valence-electron chi connectivity index (χ1n) is 6.79. The first-order chi connectivity index (χ1) is 8.07. The fourth-order valence-corrected chi connectivity index (χ4v) is 2.98. The summed E-state index contributed by atoms with van der Waals surface area (Å²) in [5, 5.41) is 3.34. The summed E-state index contributed by atoms with van der Waals surface area (Å²) in [5.74, 6) is 0.673.